The van der Waals surface area contributed by atoms with Crippen LogP contribution in [0.25, 0.3) is 0 Å². The topological polar surface area (TPSA) is 56.0 Å². The summed E-state index contributed by atoms with van der Waals surface area (Å²) in [5, 5.41) is 0. The highest BCUT2D eigenvalue weighted by molar-refractivity contribution is 9.10. The number of ketones is 1. The van der Waals surface area contributed by atoms with Gasteiger partial charge in [0.1, 0.15) is 11.5 Å². The van der Waals surface area contributed by atoms with E-state index in [1.54, 1.807) is 18.2 Å². The van der Waals surface area contributed by atoms with Crippen molar-refractivity contribution in [1.82, 2.24) is 4.98 Å². The lowest BCUT2D eigenvalue weighted by molar-refractivity contribution is 0.0989. The van der Waals surface area contributed by atoms with Crippen molar-refractivity contribution in [3.63, 3.8) is 0 Å². The third-order valence-electron chi connectivity index (χ3n) is 2.46. The minimum Gasteiger partial charge on any atom is -0.397 e. The quantitative estimate of drug-likeness (QED) is 0.887. The van der Waals surface area contributed by atoms with Crippen molar-refractivity contribution in [2.24, 2.45) is 0 Å². The van der Waals surface area contributed by atoms with Gasteiger partial charge in [0.05, 0.1) is 5.69 Å². The third-order valence-corrected chi connectivity index (χ3v) is 3.24. The molecule has 1 aromatic heterocycles. The highest BCUT2D eigenvalue weighted by Crippen LogP contribution is 2.20. The molecule has 3 nitrogen and oxygen atoms in total. The molecule has 0 fully saturated rings. The highest BCUT2D eigenvalue weighted by Gasteiger charge is 2.13. The Labute approximate surface area is 112 Å². The fraction of sp³-hybridized carbons (Fsp3) is 0.0769. The number of aromatic nitrogens is 1. The van der Waals surface area contributed by atoms with Gasteiger partial charge in [0.25, 0.3) is 0 Å². The average molecular weight is 309 g/mol. The number of nitrogens with two attached hydrogens (primary N) is 1. The van der Waals surface area contributed by atoms with Crippen LogP contribution in [0.4, 0.5) is 10.1 Å². The molecular formula is C13H10BrFN2O. The summed E-state index contributed by atoms with van der Waals surface area (Å²) in [4.78, 5) is 16.0. The van der Waals surface area contributed by atoms with E-state index in [0.717, 1.165) is 0 Å². The summed E-state index contributed by atoms with van der Waals surface area (Å²) in [5.74, 6) is -0.616. The zero-order valence-corrected chi connectivity index (χ0v) is 10.9. The summed E-state index contributed by atoms with van der Waals surface area (Å²) in [6.45, 7) is 0. The fourth-order valence-corrected chi connectivity index (χ4v) is 1.97. The number of Topliss-reactive ketones (excluding diaryl/α,β-unsaturated/α-hetero) is 1. The van der Waals surface area contributed by atoms with Crippen molar-refractivity contribution in [2.45, 2.75) is 6.42 Å². The number of pyridine rings is 1. The summed E-state index contributed by atoms with van der Waals surface area (Å²) in [6.07, 6.45) is 1.56. The van der Waals surface area contributed by atoms with Crippen LogP contribution in [0.3, 0.4) is 0 Å². The van der Waals surface area contributed by atoms with E-state index in [0.29, 0.717) is 15.7 Å². The Morgan fingerprint density at radius 3 is 2.89 bits per heavy atom. The van der Waals surface area contributed by atoms with Gasteiger partial charge in [0.15, 0.2) is 5.78 Å². The zero-order valence-electron chi connectivity index (χ0n) is 9.36. The Morgan fingerprint density at radius 2 is 2.17 bits per heavy atom. The van der Waals surface area contributed by atoms with Crippen LogP contribution in [0.2, 0.25) is 0 Å². The number of halogens is 2. The highest BCUT2D eigenvalue weighted by atomic mass is 79.9. The number of nitrogens with zero attached hydrogens (tertiary/aromatic N) is 1. The van der Waals surface area contributed by atoms with E-state index in [-0.39, 0.29) is 23.7 Å². The van der Waals surface area contributed by atoms with Crippen molar-refractivity contribution in [2.75, 3.05) is 5.73 Å². The normalized spacial score (nSPS) is 10.3. The lowest BCUT2D eigenvalue weighted by atomic mass is 10.1. The number of anilines is 1. The maximum Gasteiger partial charge on any atom is 0.187 e. The Balaban J connectivity index is 2.27. The van der Waals surface area contributed by atoms with Crippen LogP contribution in [0, 0.1) is 5.82 Å². The van der Waals surface area contributed by atoms with Gasteiger partial charge in [-0.25, -0.2) is 4.39 Å². The number of hydrogen-bond acceptors (Lipinski definition) is 3. The Bertz CT molecular complexity index is 601. The van der Waals surface area contributed by atoms with Crippen LogP contribution in [0.1, 0.15) is 16.1 Å². The standard InChI is InChI=1S/C13H10BrFN2O/c14-10-4-3-9(15)6-8(10)7-12(18)13-11(16)2-1-5-17-13/h1-6H,7,16H2. The summed E-state index contributed by atoms with van der Waals surface area (Å²) in [6, 6.07) is 7.49. The van der Waals surface area contributed by atoms with Crippen LogP contribution < -0.4 is 5.73 Å². The van der Waals surface area contributed by atoms with Gasteiger partial charge in [-0.1, -0.05) is 15.9 Å². The minimum absolute atomic E-state index is 0.0551. The van der Waals surface area contributed by atoms with E-state index in [4.69, 9.17) is 5.73 Å². The summed E-state index contributed by atoms with van der Waals surface area (Å²) in [5.41, 5.74) is 6.79. The predicted octanol–water partition coefficient (Wildman–Crippen LogP) is 2.99. The molecule has 0 unspecified atom stereocenters. The van der Waals surface area contributed by atoms with Crippen LogP contribution in [0.15, 0.2) is 41.0 Å². The van der Waals surface area contributed by atoms with E-state index >= 15 is 0 Å². The van der Waals surface area contributed by atoms with Crippen molar-refractivity contribution in [1.29, 1.82) is 0 Å². The molecule has 0 bridgehead atoms. The van der Waals surface area contributed by atoms with Crippen LogP contribution >= 0.6 is 15.9 Å². The smallest absolute Gasteiger partial charge is 0.187 e. The van der Waals surface area contributed by atoms with Gasteiger partial charge in [-0.15, -0.1) is 0 Å². The molecular weight excluding hydrogens is 299 g/mol. The van der Waals surface area contributed by atoms with Crippen LogP contribution in [-0.4, -0.2) is 10.8 Å². The molecule has 0 radical (unpaired) electrons. The molecule has 1 heterocycles. The molecule has 0 aliphatic carbocycles. The average Bonchev–Trinajstić information content (AvgIpc) is 2.34. The van der Waals surface area contributed by atoms with Crippen molar-refractivity contribution < 1.29 is 9.18 Å². The molecule has 0 atom stereocenters. The molecule has 0 aliphatic rings. The first-order valence-electron chi connectivity index (χ1n) is 5.25. The van der Waals surface area contributed by atoms with Gasteiger partial charge >= 0.3 is 0 Å². The van der Waals surface area contributed by atoms with Gasteiger partial charge in [-0.3, -0.25) is 9.78 Å². The third kappa shape index (κ3) is 2.73. The largest absolute Gasteiger partial charge is 0.397 e. The Kier molecular flexibility index (Phi) is 3.72. The van der Waals surface area contributed by atoms with Gasteiger partial charge in [0.2, 0.25) is 0 Å². The minimum atomic E-state index is -0.380. The summed E-state index contributed by atoms with van der Waals surface area (Å²) >= 11 is 3.28. The van der Waals surface area contributed by atoms with Crippen LogP contribution in [0.5, 0.6) is 0 Å². The predicted molar refractivity (Wildman–Crippen MR) is 70.8 cm³/mol. The molecule has 2 N–H and O–H groups in total. The number of hydrogen-bond donors (Lipinski definition) is 1. The van der Waals surface area contributed by atoms with E-state index < -0.39 is 0 Å². The maximum atomic E-state index is 13.1. The number of benzene rings is 1. The van der Waals surface area contributed by atoms with E-state index in [9.17, 15) is 9.18 Å². The van der Waals surface area contributed by atoms with Crippen molar-refractivity contribution in [3.05, 3.63) is 58.1 Å². The number of nitrogen functional groups attached to an aromatic ring is 1. The van der Waals surface area contributed by atoms with E-state index in [1.807, 2.05) is 0 Å². The molecule has 0 amide bonds. The number of carbonyl (C=O) groups excluding carboxylic acids is 1. The number of carbonyl (C=O) groups is 1. The van der Waals surface area contributed by atoms with Gasteiger partial charge < -0.3 is 5.73 Å². The maximum absolute atomic E-state index is 13.1. The first-order valence-corrected chi connectivity index (χ1v) is 6.05. The van der Waals surface area contributed by atoms with Gasteiger partial charge in [-0.2, -0.15) is 0 Å². The molecule has 0 saturated carbocycles. The molecule has 0 aliphatic heterocycles. The Hall–Kier alpha value is -1.75. The van der Waals surface area contributed by atoms with Crippen LogP contribution in [-0.2, 0) is 6.42 Å². The zero-order chi connectivity index (χ0) is 13.1. The molecule has 18 heavy (non-hydrogen) atoms. The van der Waals surface area contributed by atoms with Crippen molar-refractivity contribution >= 4 is 27.4 Å². The van der Waals surface area contributed by atoms with Crippen molar-refractivity contribution in [3.8, 4) is 0 Å². The van der Waals surface area contributed by atoms with Gasteiger partial charge in [-0.05, 0) is 35.9 Å². The summed E-state index contributed by atoms with van der Waals surface area (Å²) in [7, 11) is 0. The second-order valence-corrected chi connectivity index (χ2v) is 4.63. The first kappa shape index (κ1) is 12.7. The molecule has 2 aromatic rings. The molecule has 2 rings (SSSR count). The lowest BCUT2D eigenvalue weighted by Crippen LogP contribution is -2.09. The molecule has 92 valence electrons. The van der Waals surface area contributed by atoms with E-state index in [2.05, 4.69) is 20.9 Å². The molecule has 5 heteroatoms. The second-order valence-electron chi connectivity index (χ2n) is 3.78. The van der Waals surface area contributed by atoms with E-state index in [1.165, 1.54) is 18.3 Å². The number of rotatable bonds is 3. The summed E-state index contributed by atoms with van der Waals surface area (Å²) < 4.78 is 13.8. The monoisotopic (exact) mass is 308 g/mol. The second kappa shape index (κ2) is 5.27. The molecule has 0 saturated heterocycles. The fourth-order valence-electron chi connectivity index (χ4n) is 1.59. The molecule has 1 aromatic carbocycles. The lowest BCUT2D eigenvalue weighted by Gasteiger charge is -2.05. The SMILES string of the molecule is Nc1cccnc1C(=O)Cc1cc(F)ccc1Br. The Morgan fingerprint density at radius 1 is 1.39 bits per heavy atom. The first-order chi connectivity index (χ1) is 8.58. The molecule has 0 spiro atoms. The van der Waals surface area contributed by atoms with Gasteiger partial charge in [0, 0.05) is 17.1 Å².